The fourth-order valence-electron chi connectivity index (χ4n) is 5.57. The number of nitrogens with one attached hydrogen (secondary N) is 1. The Kier molecular flexibility index (Phi) is 9.60. The molecule has 0 aliphatic heterocycles. The van der Waals surface area contributed by atoms with Crippen LogP contribution in [0.15, 0.2) is 60.8 Å². The predicted molar refractivity (Wildman–Crippen MR) is 150 cm³/mol. The number of Topliss-reactive ketones (excluding diaryl/α,β-unsaturated/α-hetero) is 2. The van der Waals surface area contributed by atoms with Crippen LogP contribution in [0.1, 0.15) is 60.4 Å². The summed E-state index contributed by atoms with van der Waals surface area (Å²) in [5.41, 5.74) is 3.98. The highest BCUT2D eigenvalue weighted by atomic mass is 16.5. The standard InChI is InChI=1S/C32H37NO6/c1-39-31-20-22(10-14-30(31)37)9-13-29(36)27(16-18-34)32(38)26-11-12-28-25(15-17-33-28)24(26)8-3-2-5-21-6-4-7-23(35)19-21/h4,6-7,10-12,14-15,17,19-20,24,26-27,33-35,37H,2-3,5,8-9,13,16,18H2,1H3. The van der Waals surface area contributed by atoms with Crippen LogP contribution in [0.4, 0.5) is 0 Å². The minimum atomic E-state index is -0.876. The number of carbonyl (C=O) groups excluding carboxylic acids is 2. The third-order valence-electron chi connectivity index (χ3n) is 7.64. The van der Waals surface area contributed by atoms with E-state index in [0.717, 1.165) is 48.1 Å². The van der Waals surface area contributed by atoms with Gasteiger partial charge in [-0.25, -0.2) is 0 Å². The second-order valence-electron chi connectivity index (χ2n) is 10.2. The number of phenols is 2. The van der Waals surface area contributed by atoms with E-state index in [2.05, 4.69) is 4.98 Å². The molecule has 3 unspecified atom stereocenters. The maximum atomic E-state index is 13.8. The number of methoxy groups -OCH3 is 1. The molecule has 7 nitrogen and oxygen atoms in total. The minimum Gasteiger partial charge on any atom is -0.508 e. The van der Waals surface area contributed by atoms with Crippen LogP contribution in [0.5, 0.6) is 17.2 Å². The molecule has 39 heavy (non-hydrogen) atoms. The monoisotopic (exact) mass is 531 g/mol. The Labute approximate surface area is 229 Å². The Morgan fingerprint density at radius 2 is 1.85 bits per heavy atom. The lowest BCUT2D eigenvalue weighted by atomic mass is 9.72. The zero-order valence-corrected chi connectivity index (χ0v) is 22.3. The van der Waals surface area contributed by atoms with E-state index in [1.165, 1.54) is 13.2 Å². The van der Waals surface area contributed by atoms with Crippen molar-refractivity contribution < 1.29 is 29.6 Å². The molecule has 0 saturated heterocycles. The largest absolute Gasteiger partial charge is 0.508 e. The predicted octanol–water partition coefficient (Wildman–Crippen LogP) is 5.34. The SMILES string of the molecule is COc1cc(CCC(=O)C(CCO)C(=O)C2C=Cc3[nH]ccc3C2CCCCc2cccc(O)c2)ccc1O. The number of aliphatic hydroxyl groups excluding tert-OH is 1. The molecule has 0 spiro atoms. The van der Waals surface area contributed by atoms with Gasteiger partial charge in [-0.1, -0.05) is 30.7 Å². The van der Waals surface area contributed by atoms with E-state index in [0.29, 0.717) is 12.2 Å². The van der Waals surface area contributed by atoms with E-state index in [-0.39, 0.29) is 48.4 Å². The highest BCUT2D eigenvalue weighted by molar-refractivity contribution is 6.04. The molecule has 1 aliphatic rings. The quantitative estimate of drug-likeness (QED) is 0.165. The van der Waals surface area contributed by atoms with E-state index < -0.39 is 11.8 Å². The first-order valence-corrected chi connectivity index (χ1v) is 13.6. The van der Waals surface area contributed by atoms with Crippen molar-refractivity contribution in [2.75, 3.05) is 13.7 Å². The smallest absolute Gasteiger partial charge is 0.160 e. The number of aromatic amines is 1. The number of hydrogen-bond acceptors (Lipinski definition) is 6. The van der Waals surface area contributed by atoms with E-state index >= 15 is 0 Å². The molecule has 0 amide bonds. The number of unbranched alkanes of at least 4 members (excludes halogenated alkanes) is 1. The number of fused-ring (bicyclic) bond motifs is 1. The number of aryl methyl sites for hydroxylation is 2. The van der Waals surface area contributed by atoms with Gasteiger partial charge in [-0.05, 0) is 91.1 Å². The molecule has 4 rings (SSSR count). The number of hydrogen-bond donors (Lipinski definition) is 4. The fourth-order valence-corrected chi connectivity index (χ4v) is 5.57. The Balaban J connectivity index is 1.43. The molecule has 0 saturated carbocycles. The number of allylic oxidation sites excluding steroid dienone is 1. The van der Waals surface area contributed by atoms with Crippen molar-refractivity contribution >= 4 is 17.6 Å². The summed E-state index contributed by atoms with van der Waals surface area (Å²) in [5, 5.41) is 29.3. The Morgan fingerprint density at radius 1 is 1.03 bits per heavy atom. The third kappa shape index (κ3) is 6.98. The lowest BCUT2D eigenvalue weighted by Gasteiger charge is -2.30. The number of aromatic hydroxyl groups is 2. The lowest BCUT2D eigenvalue weighted by molar-refractivity contribution is -0.135. The molecule has 2 aromatic carbocycles. The van der Waals surface area contributed by atoms with Crippen molar-refractivity contribution in [1.82, 2.24) is 4.98 Å². The average Bonchev–Trinajstić information content (AvgIpc) is 3.42. The Bertz CT molecular complexity index is 1310. The summed E-state index contributed by atoms with van der Waals surface area (Å²) in [6, 6.07) is 14.2. The first kappa shape index (κ1) is 28.2. The van der Waals surface area contributed by atoms with Crippen LogP contribution in [0, 0.1) is 11.8 Å². The van der Waals surface area contributed by atoms with Crippen LogP contribution in [-0.2, 0) is 22.4 Å². The highest BCUT2D eigenvalue weighted by Gasteiger charge is 2.37. The summed E-state index contributed by atoms with van der Waals surface area (Å²) in [4.78, 5) is 30.4. The van der Waals surface area contributed by atoms with Gasteiger partial charge in [-0.15, -0.1) is 0 Å². The first-order valence-electron chi connectivity index (χ1n) is 13.6. The van der Waals surface area contributed by atoms with Gasteiger partial charge in [0.15, 0.2) is 17.3 Å². The molecule has 0 fully saturated rings. The number of carbonyl (C=O) groups is 2. The van der Waals surface area contributed by atoms with Gasteiger partial charge in [-0.3, -0.25) is 9.59 Å². The number of aromatic nitrogens is 1. The van der Waals surface area contributed by atoms with Gasteiger partial charge in [0.25, 0.3) is 0 Å². The second-order valence-corrected chi connectivity index (χ2v) is 10.2. The second kappa shape index (κ2) is 13.3. The van der Waals surface area contributed by atoms with Gasteiger partial charge in [0.05, 0.1) is 13.0 Å². The normalized spacial score (nSPS) is 17.0. The maximum absolute atomic E-state index is 13.8. The topological polar surface area (TPSA) is 120 Å². The van der Waals surface area contributed by atoms with Crippen LogP contribution >= 0.6 is 0 Å². The van der Waals surface area contributed by atoms with Crippen molar-refractivity contribution in [3.63, 3.8) is 0 Å². The summed E-state index contributed by atoms with van der Waals surface area (Å²) in [7, 11) is 1.47. The van der Waals surface area contributed by atoms with E-state index in [9.17, 15) is 24.9 Å². The van der Waals surface area contributed by atoms with Crippen LogP contribution in [0.25, 0.3) is 6.08 Å². The van der Waals surface area contributed by atoms with Crippen molar-refractivity contribution in [3.05, 3.63) is 83.2 Å². The molecule has 3 atom stereocenters. The van der Waals surface area contributed by atoms with Crippen molar-refractivity contribution in [2.45, 2.75) is 50.9 Å². The molecule has 1 aliphatic carbocycles. The Hall–Kier alpha value is -3.84. The molecular formula is C32H37NO6. The first-order chi connectivity index (χ1) is 18.9. The van der Waals surface area contributed by atoms with Crippen LogP contribution < -0.4 is 4.74 Å². The molecule has 0 bridgehead atoms. The third-order valence-corrected chi connectivity index (χ3v) is 7.64. The van der Waals surface area contributed by atoms with Crippen LogP contribution in [0.3, 0.4) is 0 Å². The number of H-pyrrole nitrogens is 1. The van der Waals surface area contributed by atoms with Crippen LogP contribution in [0.2, 0.25) is 0 Å². The number of benzene rings is 2. The van der Waals surface area contributed by atoms with Crippen molar-refractivity contribution in [3.8, 4) is 17.2 Å². The van der Waals surface area contributed by atoms with E-state index in [4.69, 9.17) is 4.74 Å². The molecule has 206 valence electrons. The van der Waals surface area contributed by atoms with Gasteiger partial charge in [-0.2, -0.15) is 0 Å². The van der Waals surface area contributed by atoms with Gasteiger partial charge >= 0.3 is 0 Å². The zero-order chi connectivity index (χ0) is 27.8. The number of rotatable bonds is 14. The number of ketones is 2. The average molecular weight is 532 g/mol. The molecule has 1 heterocycles. The molecule has 7 heteroatoms. The molecular weight excluding hydrogens is 494 g/mol. The van der Waals surface area contributed by atoms with Crippen molar-refractivity contribution in [2.24, 2.45) is 11.8 Å². The Morgan fingerprint density at radius 3 is 2.62 bits per heavy atom. The maximum Gasteiger partial charge on any atom is 0.160 e. The summed E-state index contributed by atoms with van der Waals surface area (Å²) in [5.74, 6) is -1.07. The highest BCUT2D eigenvalue weighted by Crippen LogP contribution is 2.40. The van der Waals surface area contributed by atoms with Gasteiger partial charge < -0.3 is 25.0 Å². The van der Waals surface area contributed by atoms with E-state index in [1.807, 2.05) is 36.5 Å². The lowest BCUT2D eigenvalue weighted by Crippen LogP contribution is -2.34. The molecule has 3 aromatic rings. The zero-order valence-electron chi connectivity index (χ0n) is 22.3. The number of ether oxygens (including phenoxy) is 1. The molecule has 0 radical (unpaired) electrons. The molecule has 4 N–H and O–H groups in total. The fraction of sp³-hybridized carbons (Fsp3) is 0.375. The molecule has 1 aromatic heterocycles. The van der Waals surface area contributed by atoms with Crippen LogP contribution in [-0.4, -0.2) is 45.6 Å². The minimum absolute atomic E-state index is 0.0297. The van der Waals surface area contributed by atoms with Gasteiger partial charge in [0.1, 0.15) is 11.5 Å². The summed E-state index contributed by atoms with van der Waals surface area (Å²) >= 11 is 0. The summed E-state index contributed by atoms with van der Waals surface area (Å²) in [6.45, 7) is -0.240. The van der Waals surface area contributed by atoms with Gasteiger partial charge in [0, 0.05) is 30.8 Å². The number of phenolic OH excluding ortho intramolecular Hbond substituents is 2. The van der Waals surface area contributed by atoms with Gasteiger partial charge in [0.2, 0.25) is 0 Å². The number of aliphatic hydroxyl groups is 1. The van der Waals surface area contributed by atoms with E-state index in [1.54, 1.807) is 24.3 Å². The summed E-state index contributed by atoms with van der Waals surface area (Å²) in [6.07, 6.45) is 9.81. The van der Waals surface area contributed by atoms with Crippen molar-refractivity contribution in [1.29, 1.82) is 0 Å². The summed E-state index contributed by atoms with van der Waals surface area (Å²) < 4.78 is 5.16.